The second kappa shape index (κ2) is 12.3. The van der Waals surface area contributed by atoms with Crippen molar-refractivity contribution in [3.05, 3.63) is 0 Å². The van der Waals surface area contributed by atoms with Crippen molar-refractivity contribution in [1.82, 2.24) is 0 Å². The summed E-state index contributed by atoms with van der Waals surface area (Å²) in [5.74, 6) is 0.716. The average Bonchev–Trinajstić information content (AvgIpc) is 2.23. The molecule has 0 bridgehead atoms. The van der Waals surface area contributed by atoms with E-state index < -0.39 is 6.16 Å². The first-order valence-corrected chi connectivity index (χ1v) is 5.45. The van der Waals surface area contributed by atoms with Crippen molar-refractivity contribution in [2.45, 2.75) is 27.7 Å². The molecular weight excluding hydrogens is 212 g/mol. The van der Waals surface area contributed by atoms with E-state index in [1.54, 1.807) is 0 Å². The first-order chi connectivity index (χ1) is 7.43. The smallest absolute Gasteiger partial charge is 0.434 e. The number of carbonyl (C=O) groups excluding carboxylic acids is 1. The minimum Gasteiger partial charge on any atom is -0.434 e. The predicted octanol–water partition coefficient (Wildman–Crippen LogP) is 1.42. The molecule has 0 unspecified atom stereocenters. The van der Waals surface area contributed by atoms with Gasteiger partial charge in [-0.1, -0.05) is 27.7 Å². The molecule has 0 rings (SSSR count). The molecule has 98 valence electrons. The van der Waals surface area contributed by atoms with Crippen molar-refractivity contribution in [3.63, 3.8) is 0 Å². The summed E-state index contributed by atoms with van der Waals surface area (Å²) in [7, 11) is 0. The van der Waals surface area contributed by atoms with E-state index in [0.29, 0.717) is 25.0 Å². The molecule has 2 N–H and O–H groups in total. The summed E-state index contributed by atoms with van der Waals surface area (Å²) in [5.41, 5.74) is 0. The molecule has 0 aliphatic rings. The first-order valence-electron chi connectivity index (χ1n) is 5.45. The van der Waals surface area contributed by atoms with Crippen LogP contribution in [-0.4, -0.2) is 42.8 Å². The minimum absolute atomic E-state index is 0.125. The highest BCUT2D eigenvalue weighted by Crippen LogP contribution is 1.97. The number of ether oxygens (including phenoxy) is 2. The number of aliphatic hydroxyl groups excluding tert-OH is 2. The number of hydrogen-bond acceptors (Lipinski definition) is 5. The van der Waals surface area contributed by atoms with Gasteiger partial charge in [-0.25, -0.2) is 4.79 Å². The highest BCUT2D eigenvalue weighted by atomic mass is 16.7. The van der Waals surface area contributed by atoms with Crippen molar-refractivity contribution in [2.24, 2.45) is 11.8 Å². The van der Waals surface area contributed by atoms with E-state index in [-0.39, 0.29) is 13.2 Å². The van der Waals surface area contributed by atoms with Gasteiger partial charge in [-0.05, 0) is 11.8 Å². The Morgan fingerprint density at radius 2 is 1.25 bits per heavy atom. The van der Waals surface area contributed by atoms with E-state index in [1.807, 2.05) is 27.7 Å². The van der Waals surface area contributed by atoms with Crippen LogP contribution in [0.25, 0.3) is 0 Å². The zero-order valence-electron chi connectivity index (χ0n) is 10.6. The van der Waals surface area contributed by atoms with Gasteiger partial charge in [0.2, 0.25) is 0 Å². The van der Waals surface area contributed by atoms with Gasteiger partial charge in [0.25, 0.3) is 0 Å². The monoisotopic (exact) mass is 236 g/mol. The van der Waals surface area contributed by atoms with E-state index in [0.717, 1.165) is 0 Å². The number of hydrogen-bond donors (Lipinski definition) is 2. The molecule has 0 aliphatic carbocycles. The maximum absolute atomic E-state index is 10.8. The third-order valence-electron chi connectivity index (χ3n) is 1.17. The summed E-state index contributed by atoms with van der Waals surface area (Å²) in [6.07, 6.45) is -0.558. The van der Waals surface area contributed by atoms with Gasteiger partial charge in [-0.3, -0.25) is 0 Å². The fraction of sp³-hybridized carbons (Fsp3) is 0.909. The van der Waals surface area contributed by atoms with Gasteiger partial charge in [0, 0.05) is 0 Å². The Hall–Kier alpha value is -0.810. The Kier molecular flexibility index (Phi) is 13.5. The standard InChI is InChI=1S/C9H18O3.C2H6O2/c1-7(2)5-11-9(10)12-6-8(3)4;3-1-2-4/h7-8H,5-6H2,1-4H3;3-4H,1-2H2. The normalized spacial score (nSPS) is 9.75. The van der Waals surface area contributed by atoms with Gasteiger partial charge in [-0.2, -0.15) is 0 Å². The summed E-state index contributed by atoms with van der Waals surface area (Å²) in [4.78, 5) is 10.8. The van der Waals surface area contributed by atoms with Crippen LogP contribution < -0.4 is 0 Å². The highest BCUT2D eigenvalue weighted by Gasteiger charge is 2.05. The lowest BCUT2D eigenvalue weighted by Crippen LogP contribution is -2.14. The zero-order chi connectivity index (χ0) is 13.0. The fourth-order valence-electron chi connectivity index (χ4n) is 0.511. The van der Waals surface area contributed by atoms with Crippen LogP contribution in [0.4, 0.5) is 4.79 Å². The van der Waals surface area contributed by atoms with E-state index in [9.17, 15) is 4.79 Å². The van der Waals surface area contributed by atoms with Gasteiger partial charge >= 0.3 is 6.16 Å². The maximum atomic E-state index is 10.8. The molecule has 0 heterocycles. The predicted molar refractivity (Wildman–Crippen MR) is 61.1 cm³/mol. The summed E-state index contributed by atoms with van der Waals surface area (Å²) in [6, 6.07) is 0. The quantitative estimate of drug-likeness (QED) is 0.706. The third-order valence-corrected chi connectivity index (χ3v) is 1.17. The molecule has 0 aromatic heterocycles. The summed E-state index contributed by atoms with van der Waals surface area (Å²) >= 11 is 0. The lowest BCUT2D eigenvalue weighted by molar-refractivity contribution is 0.0404. The lowest BCUT2D eigenvalue weighted by Gasteiger charge is -2.08. The Morgan fingerprint density at radius 3 is 1.44 bits per heavy atom. The van der Waals surface area contributed by atoms with Crippen LogP contribution in [0.1, 0.15) is 27.7 Å². The molecule has 0 aliphatic heterocycles. The van der Waals surface area contributed by atoms with E-state index in [2.05, 4.69) is 0 Å². The summed E-state index contributed by atoms with van der Waals surface area (Å²) in [5, 5.41) is 15.2. The third kappa shape index (κ3) is 18.9. The fourth-order valence-corrected chi connectivity index (χ4v) is 0.511. The Morgan fingerprint density at radius 1 is 0.938 bits per heavy atom. The van der Waals surface area contributed by atoms with Gasteiger partial charge < -0.3 is 19.7 Å². The summed E-state index contributed by atoms with van der Waals surface area (Å²) in [6.45, 7) is 8.53. The van der Waals surface area contributed by atoms with Crippen LogP contribution in [0.2, 0.25) is 0 Å². The largest absolute Gasteiger partial charge is 0.508 e. The minimum atomic E-state index is -0.558. The average molecular weight is 236 g/mol. The van der Waals surface area contributed by atoms with Crippen LogP contribution in [0.3, 0.4) is 0 Å². The molecule has 0 radical (unpaired) electrons. The maximum Gasteiger partial charge on any atom is 0.508 e. The SMILES string of the molecule is CC(C)COC(=O)OCC(C)C.OCCO. The Labute approximate surface area is 97.4 Å². The van der Waals surface area contributed by atoms with Gasteiger partial charge in [0.05, 0.1) is 26.4 Å². The molecule has 0 spiro atoms. The molecule has 5 nitrogen and oxygen atoms in total. The molecule has 5 heteroatoms. The van der Waals surface area contributed by atoms with Crippen molar-refractivity contribution in [2.75, 3.05) is 26.4 Å². The number of carbonyl (C=O) groups is 1. The van der Waals surface area contributed by atoms with Crippen LogP contribution in [0.5, 0.6) is 0 Å². The van der Waals surface area contributed by atoms with Gasteiger partial charge in [-0.15, -0.1) is 0 Å². The molecule has 0 fully saturated rings. The topological polar surface area (TPSA) is 76.0 Å². The van der Waals surface area contributed by atoms with Crippen LogP contribution in [0, 0.1) is 11.8 Å². The van der Waals surface area contributed by atoms with E-state index in [4.69, 9.17) is 19.7 Å². The highest BCUT2D eigenvalue weighted by molar-refractivity contribution is 5.59. The zero-order valence-corrected chi connectivity index (χ0v) is 10.6. The van der Waals surface area contributed by atoms with Crippen molar-refractivity contribution in [3.8, 4) is 0 Å². The molecule has 0 saturated heterocycles. The molecular formula is C11H24O5. The number of aliphatic hydroxyl groups is 2. The second-order valence-corrected chi connectivity index (χ2v) is 4.11. The van der Waals surface area contributed by atoms with Crippen LogP contribution in [-0.2, 0) is 9.47 Å². The molecule has 0 atom stereocenters. The molecule has 0 aromatic carbocycles. The van der Waals surface area contributed by atoms with Gasteiger partial charge in [0.1, 0.15) is 0 Å². The van der Waals surface area contributed by atoms with Crippen LogP contribution in [0.15, 0.2) is 0 Å². The van der Waals surface area contributed by atoms with E-state index >= 15 is 0 Å². The van der Waals surface area contributed by atoms with Crippen molar-refractivity contribution >= 4 is 6.16 Å². The molecule has 0 amide bonds. The Balaban J connectivity index is 0. The summed E-state index contributed by atoms with van der Waals surface area (Å²) < 4.78 is 9.59. The van der Waals surface area contributed by atoms with Crippen LogP contribution >= 0.6 is 0 Å². The first kappa shape index (κ1) is 17.6. The van der Waals surface area contributed by atoms with E-state index in [1.165, 1.54) is 0 Å². The molecule has 0 saturated carbocycles. The van der Waals surface area contributed by atoms with Crippen molar-refractivity contribution in [1.29, 1.82) is 0 Å². The number of rotatable bonds is 5. The lowest BCUT2D eigenvalue weighted by atomic mass is 10.2. The second-order valence-electron chi connectivity index (χ2n) is 4.11. The Bertz CT molecular complexity index is 140. The van der Waals surface area contributed by atoms with Crippen molar-refractivity contribution < 1.29 is 24.5 Å². The molecule has 16 heavy (non-hydrogen) atoms. The molecule has 0 aromatic rings. The van der Waals surface area contributed by atoms with Gasteiger partial charge in [0.15, 0.2) is 0 Å².